The maximum absolute atomic E-state index is 5.03. The van der Waals surface area contributed by atoms with Crippen LogP contribution in [0.2, 0.25) is 0 Å². The molecule has 0 bridgehead atoms. The molecule has 0 amide bonds. The minimum atomic E-state index is 0.782. The van der Waals surface area contributed by atoms with Crippen LogP contribution in [0.5, 0.6) is 0 Å². The van der Waals surface area contributed by atoms with Crippen molar-refractivity contribution in [1.29, 1.82) is 0 Å². The lowest BCUT2D eigenvalue weighted by molar-refractivity contribution is 1.15. The molecule has 0 radical (unpaired) electrons. The van der Waals surface area contributed by atoms with E-state index in [0.29, 0.717) is 0 Å². The molecular weight excluding hydrogens is 448 g/mol. The first-order chi connectivity index (χ1) is 18.3. The second kappa shape index (κ2) is 10.4. The van der Waals surface area contributed by atoms with E-state index in [1.165, 1.54) is 11.1 Å². The molecule has 0 aliphatic rings. The van der Waals surface area contributed by atoms with Gasteiger partial charge in [0.2, 0.25) is 0 Å². The number of benzene rings is 4. The van der Waals surface area contributed by atoms with Crippen molar-refractivity contribution in [3.05, 3.63) is 157 Å². The molecule has 37 heavy (non-hydrogen) atoms. The van der Waals surface area contributed by atoms with Gasteiger partial charge in [0.15, 0.2) is 0 Å². The van der Waals surface area contributed by atoms with Gasteiger partial charge in [0, 0.05) is 22.3 Å². The Hall–Kier alpha value is -4.82. The molecule has 0 aliphatic heterocycles. The lowest BCUT2D eigenvalue weighted by atomic mass is 9.97. The van der Waals surface area contributed by atoms with Crippen LogP contribution in [0.25, 0.3) is 45.0 Å². The topological polar surface area (TPSA) is 25.8 Å². The first kappa shape index (κ1) is 22.6. The van der Waals surface area contributed by atoms with Crippen LogP contribution in [0.4, 0.5) is 0 Å². The Morgan fingerprint density at radius 2 is 0.568 bits per heavy atom. The van der Waals surface area contributed by atoms with Gasteiger partial charge in [-0.05, 0) is 41.8 Å². The zero-order valence-corrected chi connectivity index (χ0v) is 20.5. The van der Waals surface area contributed by atoms with Gasteiger partial charge < -0.3 is 0 Å². The van der Waals surface area contributed by atoms with Gasteiger partial charge in [-0.1, -0.05) is 121 Å². The summed E-state index contributed by atoms with van der Waals surface area (Å²) in [4.78, 5) is 10.1. The number of nitrogens with zero attached hydrogens (tertiary/aromatic N) is 2. The molecule has 176 valence electrons. The van der Waals surface area contributed by atoms with E-state index in [9.17, 15) is 0 Å². The normalized spacial score (nSPS) is 10.8. The average Bonchev–Trinajstić information content (AvgIpc) is 2.99. The summed E-state index contributed by atoms with van der Waals surface area (Å²) in [6, 6.07) is 50.5. The smallest absolute Gasteiger partial charge is 0.0712 e. The Bertz CT molecular complexity index is 1370. The van der Waals surface area contributed by atoms with E-state index >= 15 is 0 Å². The van der Waals surface area contributed by atoms with E-state index in [0.717, 1.165) is 51.5 Å². The van der Waals surface area contributed by atoms with Gasteiger partial charge in [0.05, 0.1) is 22.8 Å². The summed E-state index contributed by atoms with van der Waals surface area (Å²) in [5.41, 5.74) is 10.8. The summed E-state index contributed by atoms with van der Waals surface area (Å²) >= 11 is 0. The largest absolute Gasteiger partial charge is 0.248 e. The van der Waals surface area contributed by atoms with Crippen molar-refractivity contribution in [2.45, 2.75) is 6.42 Å². The molecule has 2 aromatic heterocycles. The van der Waals surface area contributed by atoms with Crippen molar-refractivity contribution in [3.8, 4) is 45.0 Å². The van der Waals surface area contributed by atoms with Crippen molar-refractivity contribution in [1.82, 2.24) is 9.97 Å². The summed E-state index contributed by atoms with van der Waals surface area (Å²) in [6.07, 6.45) is 0.782. The molecule has 6 rings (SSSR count). The molecule has 0 saturated carbocycles. The van der Waals surface area contributed by atoms with Crippen LogP contribution in [0.15, 0.2) is 146 Å². The quantitative estimate of drug-likeness (QED) is 0.241. The Kier molecular flexibility index (Phi) is 6.38. The maximum Gasteiger partial charge on any atom is 0.0712 e. The predicted molar refractivity (Wildman–Crippen MR) is 153 cm³/mol. The number of rotatable bonds is 6. The molecule has 2 nitrogen and oxygen atoms in total. The molecule has 0 fully saturated rings. The number of pyridine rings is 2. The highest BCUT2D eigenvalue weighted by Crippen LogP contribution is 2.29. The monoisotopic (exact) mass is 474 g/mol. The lowest BCUT2D eigenvalue weighted by Gasteiger charge is -2.13. The zero-order valence-electron chi connectivity index (χ0n) is 20.5. The number of aromatic nitrogens is 2. The third-order valence-corrected chi connectivity index (χ3v) is 6.46. The van der Waals surface area contributed by atoms with E-state index in [1.807, 2.05) is 24.3 Å². The third-order valence-electron chi connectivity index (χ3n) is 6.46. The second-order valence-corrected chi connectivity index (χ2v) is 9.13. The highest BCUT2D eigenvalue weighted by molar-refractivity contribution is 5.70. The zero-order chi connectivity index (χ0) is 24.9. The van der Waals surface area contributed by atoms with Crippen molar-refractivity contribution < 1.29 is 0 Å². The Balaban J connectivity index is 1.46. The first-order valence-corrected chi connectivity index (χ1v) is 12.6. The van der Waals surface area contributed by atoms with Gasteiger partial charge in [-0.2, -0.15) is 0 Å². The molecule has 4 aromatic carbocycles. The van der Waals surface area contributed by atoms with Crippen LogP contribution in [0.3, 0.4) is 0 Å². The van der Waals surface area contributed by atoms with E-state index in [1.54, 1.807) is 0 Å². The Morgan fingerprint density at radius 3 is 0.811 bits per heavy atom. The van der Waals surface area contributed by atoms with Gasteiger partial charge in [-0.3, -0.25) is 0 Å². The van der Waals surface area contributed by atoms with Crippen molar-refractivity contribution >= 4 is 0 Å². The van der Waals surface area contributed by atoms with E-state index in [2.05, 4.69) is 121 Å². The van der Waals surface area contributed by atoms with Crippen LogP contribution in [0.1, 0.15) is 11.1 Å². The Morgan fingerprint density at radius 1 is 0.324 bits per heavy atom. The molecule has 0 N–H and O–H groups in total. The van der Waals surface area contributed by atoms with Gasteiger partial charge in [-0.25, -0.2) is 9.97 Å². The summed E-state index contributed by atoms with van der Waals surface area (Å²) < 4.78 is 0. The number of hydrogen-bond donors (Lipinski definition) is 0. The van der Waals surface area contributed by atoms with Gasteiger partial charge >= 0.3 is 0 Å². The van der Waals surface area contributed by atoms with E-state index < -0.39 is 0 Å². The molecule has 6 aromatic rings. The highest BCUT2D eigenvalue weighted by atomic mass is 14.7. The minimum Gasteiger partial charge on any atom is -0.248 e. The fourth-order valence-electron chi connectivity index (χ4n) is 4.64. The van der Waals surface area contributed by atoms with E-state index in [-0.39, 0.29) is 0 Å². The summed E-state index contributed by atoms with van der Waals surface area (Å²) in [5, 5.41) is 0. The minimum absolute atomic E-state index is 0.782. The van der Waals surface area contributed by atoms with E-state index in [4.69, 9.17) is 9.97 Å². The lowest BCUT2D eigenvalue weighted by Crippen LogP contribution is -1.97. The Labute approximate surface area is 218 Å². The maximum atomic E-state index is 5.03. The predicted octanol–water partition coefficient (Wildman–Crippen LogP) is 8.74. The average molecular weight is 475 g/mol. The summed E-state index contributed by atoms with van der Waals surface area (Å²) in [5.74, 6) is 0. The fourth-order valence-corrected chi connectivity index (χ4v) is 4.64. The molecule has 0 unspecified atom stereocenters. The summed E-state index contributed by atoms with van der Waals surface area (Å²) in [6.45, 7) is 0. The van der Waals surface area contributed by atoms with Crippen molar-refractivity contribution in [2.75, 3.05) is 0 Å². The first-order valence-electron chi connectivity index (χ1n) is 12.6. The highest BCUT2D eigenvalue weighted by Gasteiger charge is 2.11. The molecule has 2 heterocycles. The molecule has 0 saturated heterocycles. The molecule has 2 heteroatoms. The van der Waals surface area contributed by atoms with Crippen LogP contribution >= 0.6 is 0 Å². The second-order valence-electron chi connectivity index (χ2n) is 9.13. The van der Waals surface area contributed by atoms with Crippen LogP contribution in [-0.2, 0) is 6.42 Å². The third kappa shape index (κ3) is 5.24. The molecular formula is C35H26N2. The molecule has 0 atom stereocenters. The van der Waals surface area contributed by atoms with Crippen molar-refractivity contribution in [3.63, 3.8) is 0 Å². The van der Waals surface area contributed by atoms with Crippen LogP contribution < -0.4 is 0 Å². The van der Waals surface area contributed by atoms with Gasteiger partial charge in [-0.15, -0.1) is 0 Å². The van der Waals surface area contributed by atoms with Gasteiger partial charge in [0.1, 0.15) is 0 Å². The number of hydrogen-bond acceptors (Lipinski definition) is 2. The SMILES string of the molecule is c1ccc(-c2cc(Cc3cc(-c4ccccc4)nc(-c4ccccc4)c3)cc(-c3ccccc3)n2)cc1. The molecule has 0 spiro atoms. The van der Waals surface area contributed by atoms with Crippen LogP contribution in [-0.4, -0.2) is 9.97 Å². The molecule has 0 aliphatic carbocycles. The summed E-state index contributed by atoms with van der Waals surface area (Å²) in [7, 11) is 0. The standard InChI is InChI=1S/C35H26N2/c1-5-13-28(14-6-1)32-22-26(23-33(36-32)29-15-7-2-8-16-29)21-27-24-34(30-17-9-3-10-18-30)37-35(25-27)31-19-11-4-12-20-31/h1-20,22-25H,21H2. The van der Waals surface area contributed by atoms with Gasteiger partial charge in [0.25, 0.3) is 0 Å². The van der Waals surface area contributed by atoms with Crippen LogP contribution in [0, 0.1) is 0 Å². The van der Waals surface area contributed by atoms with Crippen molar-refractivity contribution in [2.24, 2.45) is 0 Å². The fraction of sp³-hybridized carbons (Fsp3) is 0.0286.